The molecule has 3 heterocycles. The second kappa shape index (κ2) is 10.4. The minimum atomic E-state index is -0.417. The Labute approximate surface area is 205 Å². The van der Waals surface area contributed by atoms with E-state index in [1.807, 2.05) is 37.3 Å². The van der Waals surface area contributed by atoms with Crippen molar-refractivity contribution >= 4 is 11.2 Å². The SMILES string of the molecule is CCCC1CCCC1CCOc1cnc(-c2cccc(Cn3c(=O)oc4ccc(C)nc43)c2)nc1. The third kappa shape index (κ3) is 5.29. The van der Waals surface area contributed by atoms with Crippen molar-refractivity contribution in [2.75, 3.05) is 6.61 Å². The minimum Gasteiger partial charge on any atom is -0.490 e. The maximum absolute atomic E-state index is 12.4. The number of aryl methyl sites for hydroxylation is 1. The highest BCUT2D eigenvalue weighted by molar-refractivity contribution is 5.68. The lowest BCUT2D eigenvalue weighted by Gasteiger charge is -2.18. The second-order valence-corrected chi connectivity index (χ2v) is 9.55. The van der Waals surface area contributed by atoms with E-state index in [2.05, 4.69) is 21.9 Å². The van der Waals surface area contributed by atoms with Gasteiger partial charge >= 0.3 is 5.76 Å². The van der Waals surface area contributed by atoms with Gasteiger partial charge in [-0.1, -0.05) is 57.2 Å². The topological polar surface area (TPSA) is 83.0 Å². The predicted octanol–water partition coefficient (Wildman–Crippen LogP) is 5.79. The van der Waals surface area contributed by atoms with E-state index in [9.17, 15) is 4.79 Å². The quantitative estimate of drug-likeness (QED) is 0.307. The predicted molar refractivity (Wildman–Crippen MR) is 135 cm³/mol. The molecule has 182 valence electrons. The molecule has 2 unspecified atom stereocenters. The first kappa shape index (κ1) is 23.3. The van der Waals surface area contributed by atoms with Gasteiger partial charge in [0.2, 0.25) is 0 Å². The molecule has 0 bridgehead atoms. The molecule has 1 aliphatic rings. The van der Waals surface area contributed by atoms with E-state index < -0.39 is 5.76 Å². The van der Waals surface area contributed by atoms with Gasteiger partial charge in [0.05, 0.1) is 25.5 Å². The van der Waals surface area contributed by atoms with Crippen molar-refractivity contribution in [2.45, 2.75) is 58.9 Å². The van der Waals surface area contributed by atoms with Crippen molar-refractivity contribution < 1.29 is 9.15 Å². The number of ether oxygens (including phenoxy) is 1. The number of fused-ring (bicyclic) bond motifs is 1. The number of hydrogen-bond donors (Lipinski definition) is 0. The van der Waals surface area contributed by atoms with Crippen LogP contribution < -0.4 is 10.5 Å². The summed E-state index contributed by atoms with van der Waals surface area (Å²) in [5.41, 5.74) is 3.70. The third-order valence-corrected chi connectivity index (χ3v) is 7.04. The molecule has 1 fully saturated rings. The summed E-state index contributed by atoms with van der Waals surface area (Å²) in [6.07, 6.45) is 11.3. The average molecular weight is 473 g/mol. The van der Waals surface area contributed by atoms with Crippen molar-refractivity contribution in [1.82, 2.24) is 19.5 Å². The number of aromatic nitrogens is 4. The van der Waals surface area contributed by atoms with E-state index in [1.54, 1.807) is 23.0 Å². The Morgan fingerprint density at radius 3 is 2.69 bits per heavy atom. The monoisotopic (exact) mass is 472 g/mol. The summed E-state index contributed by atoms with van der Waals surface area (Å²) in [7, 11) is 0. The summed E-state index contributed by atoms with van der Waals surface area (Å²) in [5.74, 6) is 2.56. The van der Waals surface area contributed by atoms with E-state index in [-0.39, 0.29) is 0 Å². The Morgan fingerprint density at radius 1 is 1.09 bits per heavy atom. The summed E-state index contributed by atoms with van der Waals surface area (Å²) in [4.78, 5) is 25.9. The summed E-state index contributed by atoms with van der Waals surface area (Å²) >= 11 is 0. The summed E-state index contributed by atoms with van der Waals surface area (Å²) in [6, 6.07) is 11.5. The van der Waals surface area contributed by atoms with Gasteiger partial charge in [-0.2, -0.15) is 0 Å². The van der Waals surface area contributed by atoms with Gasteiger partial charge in [0.25, 0.3) is 0 Å². The molecule has 0 radical (unpaired) electrons. The minimum absolute atomic E-state index is 0.359. The summed E-state index contributed by atoms with van der Waals surface area (Å²) in [5, 5.41) is 0. The first-order valence-electron chi connectivity index (χ1n) is 12.6. The Morgan fingerprint density at radius 2 is 1.89 bits per heavy atom. The van der Waals surface area contributed by atoms with Crippen molar-refractivity contribution in [3.05, 3.63) is 70.6 Å². The van der Waals surface area contributed by atoms with Crippen molar-refractivity contribution in [1.29, 1.82) is 0 Å². The third-order valence-electron chi connectivity index (χ3n) is 7.04. The normalized spacial score (nSPS) is 17.8. The number of benzene rings is 1. The molecular formula is C28H32N4O3. The molecule has 0 amide bonds. The Hall–Kier alpha value is -3.48. The molecule has 3 aromatic heterocycles. The van der Waals surface area contributed by atoms with Crippen molar-refractivity contribution in [2.24, 2.45) is 11.8 Å². The molecule has 0 saturated heterocycles. The molecular weight excluding hydrogens is 440 g/mol. The van der Waals surface area contributed by atoms with Crippen LogP contribution in [-0.4, -0.2) is 26.1 Å². The zero-order valence-electron chi connectivity index (χ0n) is 20.4. The maximum Gasteiger partial charge on any atom is 0.421 e. The molecule has 0 N–H and O–H groups in total. The van der Waals surface area contributed by atoms with E-state index in [4.69, 9.17) is 9.15 Å². The van der Waals surface area contributed by atoms with E-state index in [0.717, 1.165) is 35.1 Å². The highest BCUT2D eigenvalue weighted by Gasteiger charge is 2.26. The molecule has 0 aliphatic heterocycles. The summed E-state index contributed by atoms with van der Waals surface area (Å²) in [6.45, 7) is 5.24. The lowest BCUT2D eigenvalue weighted by Crippen LogP contribution is -2.15. The van der Waals surface area contributed by atoms with E-state index >= 15 is 0 Å². The molecule has 7 nitrogen and oxygen atoms in total. The molecule has 2 atom stereocenters. The molecule has 1 saturated carbocycles. The zero-order chi connectivity index (χ0) is 24.2. The molecule has 7 heteroatoms. The Balaban J connectivity index is 1.24. The fourth-order valence-corrected chi connectivity index (χ4v) is 5.28. The van der Waals surface area contributed by atoms with Crippen LogP contribution in [0, 0.1) is 18.8 Å². The Bertz CT molecular complexity index is 1340. The van der Waals surface area contributed by atoms with Crippen molar-refractivity contribution in [3.63, 3.8) is 0 Å². The summed E-state index contributed by atoms with van der Waals surface area (Å²) < 4.78 is 12.9. The van der Waals surface area contributed by atoms with Gasteiger partial charge in [0.15, 0.2) is 22.8 Å². The maximum atomic E-state index is 12.4. The van der Waals surface area contributed by atoms with Gasteiger partial charge in [-0.05, 0) is 48.9 Å². The van der Waals surface area contributed by atoms with Gasteiger partial charge in [0.1, 0.15) is 0 Å². The van der Waals surface area contributed by atoms with Crippen LogP contribution in [0.1, 0.15) is 56.7 Å². The number of hydrogen-bond acceptors (Lipinski definition) is 6. The molecule has 5 rings (SSSR count). The first-order valence-corrected chi connectivity index (χ1v) is 12.6. The smallest absolute Gasteiger partial charge is 0.421 e. The standard InChI is InChI=1S/C28H32N4O3/c1-3-6-21-8-5-9-22(21)13-14-34-24-16-29-26(30-17-24)23-10-4-7-20(15-23)18-32-27-25(35-28(32)33)12-11-19(2)31-27/h4,7,10-12,15-17,21-22H,3,5-6,8-9,13-14,18H2,1-2H3. The Kier molecular flexibility index (Phi) is 6.93. The second-order valence-electron chi connectivity index (χ2n) is 9.55. The number of nitrogens with zero attached hydrogens (tertiary/aromatic N) is 4. The molecule has 35 heavy (non-hydrogen) atoms. The van der Waals surface area contributed by atoms with Gasteiger partial charge in [-0.25, -0.2) is 19.7 Å². The van der Waals surface area contributed by atoms with Crippen LogP contribution in [0.2, 0.25) is 0 Å². The highest BCUT2D eigenvalue weighted by atomic mass is 16.5. The fraction of sp³-hybridized carbons (Fsp3) is 0.429. The van der Waals surface area contributed by atoms with Gasteiger partial charge in [-0.15, -0.1) is 0 Å². The molecule has 1 aromatic carbocycles. The average Bonchev–Trinajstić information content (AvgIpc) is 3.43. The number of pyridine rings is 1. The van der Waals surface area contributed by atoms with Gasteiger partial charge in [-0.3, -0.25) is 4.57 Å². The van der Waals surface area contributed by atoms with Gasteiger partial charge in [0, 0.05) is 11.3 Å². The zero-order valence-corrected chi connectivity index (χ0v) is 20.4. The van der Waals surface area contributed by atoms with Crippen LogP contribution in [-0.2, 0) is 6.54 Å². The molecule has 0 spiro atoms. The van der Waals surface area contributed by atoms with Crippen molar-refractivity contribution in [3.8, 4) is 17.1 Å². The van der Waals surface area contributed by atoms with Crippen LogP contribution >= 0.6 is 0 Å². The lowest BCUT2D eigenvalue weighted by molar-refractivity contribution is 0.245. The lowest BCUT2D eigenvalue weighted by atomic mass is 9.90. The fourth-order valence-electron chi connectivity index (χ4n) is 5.28. The molecule has 4 aromatic rings. The number of oxazole rings is 1. The van der Waals surface area contributed by atoms with E-state index in [0.29, 0.717) is 36.0 Å². The van der Waals surface area contributed by atoms with Crippen LogP contribution in [0.4, 0.5) is 0 Å². The van der Waals surface area contributed by atoms with Crippen LogP contribution in [0.3, 0.4) is 0 Å². The van der Waals surface area contributed by atoms with E-state index in [1.165, 1.54) is 32.1 Å². The first-order chi connectivity index (χ1) is 17.1. The number of rotatable bonds is 9. The highest BCUT2D eigenvalue weighted by Crippen LogP contribution is 2.37. The largest absolute Gasteiger partial charge is 0.490 e. The molecule has 1 aliphatic carbocycles. The van der Waals surface area contributed by atoms with Crippen LogP contribution in [0.25, 0.3) is 22.6 Å². The van der Waals surface area contributed by atoms with Crippen LogP contribution in [0.15, 0.2) is 58.0 Å². The van der Waals surface area contributed by atoms with Crippen LogP contribution in [0.5, 0.6) is 5.75 Å². The van der Waals surface area contributed by atoms with Gasteiger partial charge < -0.3 is 9.15 Å².